The molecule has 0 aliphatic carbocycles. The van der Waals surface area contributed by atoms with E-state index in [-0.39, 0.29) is 12.0 Å². The third-order valence-electron chi connectivity index (χ3n) is 3.33. The van der Waals surface area contributed by atoms with E-state index in [1.54, 1.807) is 18.5 Å². The van der Waals surface area contributed by atoms with Crippen LogP contribution in [0.25, 0.3) is 0 Å². The van der Waals surface area contributed by atoms with Crippen molar-refractivity contribution in [2.45, 2.75) is 32.0 Å². The predicted octanol–water partition coefficient (Wildman–Crippen LogP) is 3.23. The third-order valence-corrected chi connectivity index (χ3v) is 3.33. The molecule has 0 amide bonds. The first kappa shape index (κ1) is 15.6. The monoisotopic (exact) mass is 297 g/mol. The van der Waals surface area contributed by atoms with Crippen LogP contribution >= 0.6 is 0 Å². The molecule has 0 unspecified atom stereocenters. The Morgan fingerprint density at radius 2 is 1.90 bits per heavy atom. The first-order valence-electron chi connectivity index (χ1n) is 6.87. The van der Waals surface area contributed by atoms with Gasteiger partial charge in [-0.2, -0.15) is 13.2 Å². The summed E-state index contributed by atoms with van der Waals surface area (Å²) in [6.45, 7) is 1.33. The molecule has 0 radical (unpaired) electrons. The molecule has 0 saturated carbocycles. The Kier molecular flexibility index (Phi) is 5.01. The fourth-order valence-electron chi connectivity index (χ4n) is 2.26. The zero-order chi connectivity index (χ0) is 15.3. The topological polar surface area (TPSA) is 43.8 Å². The molecule has 0 spiro atoms. The third kappa shape index (κ3) is 4.07. The summed E-state index contributed by atoms with van der Waals surface area (Å²) in [6.07, 6.45) is 1.02. The highest BCUT2D eigenvalue weighted by Crippen LogP contribution is 2.32. The van der Waals surface area contributed by atoms with Crippen LogP contribution in [0.4, 0.5) is 13.2 Å². The average Bonchev–Trinajstić information content (AvgIpc) is 2.86. The molecule has 1 aromatic carbocycles. The highest BCUT2D eigenvalue weighted by atomic mass is 19.4. The van der Waals surface area contributed by atoms with Crippen LogP contribution in [0, 0.1) is 0 Å². The van der Waals surface area contributed by atoms with Gasteiger partial charge in [0.15, 0.2) is 0 Å². The average molecular weight is 297 g/mol. The SMILES string of the molecule is NCCCCn1ccnc1Cc1ccccc1C(F)(F)F. The molecule has 0 atom stereocenters. The summed E-state index contributed by atoms with van der Waals surface area (Å²) in [4.78, 5) is 4.18. The Bertz CT molecular complexity index is 576. The molecule has 114 valence electrons. The molecule has 1 heterocycles. The van der Waals surface area contributed by atoms with Crippen molar-refractivity contribution in [3.05, 3.63) is 53.6 Å². The Morgan fingerprint density at radius 1 is 1.14 bits per heavy atom. The molecule has 0 aliphatic heterocycles. The Labute approximate surface area is 121 Å². The van der Waals surface area contributed by atoms with E-state index < -0.39 is 11.7 Å². The number of unbranched alkanes of at least 4 members (excludes halogenated alkanes) is 1. The van der Waals surface area contributed by atoms with Gasteiger partial charge in [0.1, 0.15) is 5.82 Å². The van der Waals surface area contributed by atoms with Gasteiger partial charge in [0.25, 0.3) is 0 Å². The van der Waals surface area contributed by atoms with Crippen LogP contribution in [-0.4, -0.2) is 16.1 Å². The standard InChI is InChI=1S/C15H18F3N3/c16-15(17,18)13-6-2-1-5-12(13)11-14-20-8-10-21(14)9-4-3-7-19/h1-2,5-6,8,10H,3-4,7,9,11,19H2. The largest absolute Gasteiger partial charge is 0.416 e. The molecule has 0 fully saturated rings. The number of hydrogen-bond donors (Lipinski definition) is 1. The maximum Gasteiger partial charge on any atom is 0.416 e. The van der Waals surface area contributed by atoms with E-state index >= 15 is 0 Å². The summed E-state index contributed by atoms with van der Waals surface area (Å²) in [7, 11) is 0. The second-order valence-corrected chi connectivity index (χ2v) is 4.86. The van der Waals surface area contributed by atoms with Crippen molar-refractivity contribution < 1.29 is 13.2 Å². The Hall–Kier alpha value is -1.82. The molecule has 2 aromatic rings. The van der Waals surface area contributed by atoms with E-state index in [0.717, 1.165) is 25.5 Å². The van der Waals surface area contributed by atoms with Crippen molar-refractivity contribution >= 4 is 0 Å². The highest BCUT2D eigenvalue weighted by Gasteiger charge is 2.33. The maximum absolute atomic E-state index is 13.0. The van der Waals surface area contributed by atoms with Crippen LogP contribution in [0.2, 0.25) is 0 Å². The van der Waals surface area contributed by atoms with Crippen LogP contribution < -0.4 is 5.73 Å². The molecule has 6 heteroatoms. The lowest BCUT2D eigenvalue weighted by molar-refractivity contribution is -0.138. The first-order valence-corrected chi connectivity index (χ1v) is 6.87. The zero-order valence-electron chi connectivity index (χ0n) is 11.6. The van der Waals surface area contributed by atoms with Crippen molar-refractivity contribution in [2.24, 2.45) is 5.73 Å². The number of nitrogens with zero attached hydrogens (tertiary/aromatic N) is 2. The van der Waals surface area contributed by atoms with Crippen molar-refractivity contribution in [3.8, 4) is 0 Å². The van der Waals surface area contributed by atoms with Gasteiger partial charge in [-0.05, 0) is 31.0 Å². The number of halogens is 3. The minimum Gasteiger partial charge on any atom is -0.335 e. The number of aryl methyl sites for hydroxylation is 1. The smallest absolute Gasteiger partial charge is 0.335 e. The van der Waals surface area contributed by atoms with Gasteiger partial charge < -0.3 is 10.3 Å². The number of imidazole rings is 1. The second-order valence-electron chi connectivity index (χ2n) is 4.86. The van der Waals surface area contributed by atoms with Gasteiger partial charge in [0, 0.05) is 25.4 Å². The molecule has 2 rings (SSSR count). The zero-order valence-corrected chi connectivity index (χ0v) is 11.6. The lowest BCUT2D eigenvalue weighted by Gasteiger charge is -2.13. The fraction of sp³-hybridized carbons (Fsp3) is 0.400. The molecular weight excluding hydrogens is 279 g/mol. The molecule has 0 bridgehead atoms. The van der Waals surface area contributed by atoms with E-state index in [1.165, 1.54) is 12.1 Å². The number of hydrogen-bond acceptors (Lipinski definition) is 2. The molecule has 0 saturated heterocycles. The highest BCUT2D eigenvalue weighted by molar-refractivity contribution is 5.32. The number of aromatic nitrogens is 2. The van der Waals surface area contributed by atoms with Gasteiger partial charge in [-0.1, -0.05) is 18.2 Å². The van der Waals surface area contributed by atoms with E-state index in [0.29, 0.717) is 12.4 Å². The quantitative estimate of drug-likeness (QED) is 0.832. The summed E-state index contributed by atoms with van der Waals surface area (Å²) in [5.41, 5.74) is 5.10. The van der Waals surface area contributed by atoms with Crippen LogP contribution in [0.5, 0.6) is 0 Å². The first-order chi connectivity index (χ1) is 10.0. The molecule has 2 N–H and O–H groups in total. The molecule has 0 aliphatic rings. The lowest BCUT2D eigenvalue weighted by atomic mass is 10.0. The predicted molar refractivity (Wildman–Crippen MR) is 74.8 cm³/mol. The van der Waals surface area contributed by atoms with Gasteiger partial charge in [-0.15, -0.1) is 0 Å². The van der Waals surface area contributed by atoms with E-state index in [4.69, 9.17) is 5.73 Å². The van der Waals surface area contributed by atoms with Gasteiger partial charge in [0.2, 0.25) is 0 Å². The van der Waals surface area contributed by atoms with Crippen molar-refractivity contribution in [3.63, 3.8) is 0 Å². The summed E-state index contributed by atoms with van der Waals surface area (Å²) >= 11 is 0. The second kappa shape index (κ2) is 6.76. The van der Waals surface area contributed by atoms with Crippen LogP contribution in [0.1, 0.15) is 29.8 Å². The molecular formula is C15H18F3N3. The van der Waals surface area contributed by atoms with E-state index in [1.807, 2.05) is 4.57 Å². The van der Waals surface area contributed by atoms with Crippen molar-refractivity contribution in [2.75, 3.05) is 6.54 Å². The van der Waals surface area contributed by atoms with Crippen LogP contribution in [-0.2, 0) is 19.1 Å². The van der Waals surface area contributed by atoms with Crippen molar-refractivity contribution in [1.82, 2.24) is 9.55 Å². The maximum atomic E-state index is 13.0. The van der Waals surface area contributed by atoms with Gasteiger partial charge in [-0.3, -0.25) is 0 Å². The van der Waals surface area contributed by atoms with Crippen LogP contribution in [0.3, 0.4) is 0 Å². The molecule has 1 aromatic heterocycles. The Morgan fingerprint density at radius 3 is 2.62 bits per heavy atom. The summed E-state index contributed by atoms with van der Waals surface area (Å²) < 4.78 is 40.8. The summed E-state index contributed by atoms with van der Waals surface area (Å²) in [6, 6.07) is 5.63. The lowest BCUT2D eigenvalue weighted by Crippen LogP contribution is -2.12. The molecule has 3 nitrogen and oxygen atoms in total. The number of nitrogens with two attached hydrogens (primary N) is 1. The summed E-state index contributed by atoms with van der Waals surface area (Å²) in [5, 5.41) is 0. The number of rotatable bonds is 6. The fourth-order valence-corrected chi connectivity index (χ4v) is 2.26. The minimum absolute atomic E-state index is 0.172. The summed E-state index contributed by atoms with van der Waals surface area (Å²) in [5.74, 6) is 0.642. The van der Waals surface area contributed by atoms with Gasteiger partial charge in [-0.25, -0.2) is 4.98 Å². The van der Waals surface area contributed by atoms with E-state index in [2.05, 4.69) is 4.98 Å². The number of alkyl halides is 3. The van der Waals surface area contributed by atoms with Crippen LogP contribution in [0.15, 0.2) is 36.7 Å². The number of benzene rings is 1. The molecule has 21 heavy (non-hydrogen) atoms. The van der Waals surface area contributed by atoms with E-state index in [9.17, 15) is 13.2 Å². The van der Waals surface area contributed by atoms with Gasteiger partial charge >= 0.3 is 6.18 Å². The Balaban J connectivity index is 2.18. The minimum atomic E-state index is -4.34. The normalized spacial score (nSPS) is 11.8. The van der Waals surface area contributed by atoms with Crippen molar-refractivity contribution in [1.29, 1.82) is 0 Å². The van der Waals surface area contributed by atoms with Gasteiger partial charge in [0.05, 0.1) is 5.56 Å².